The van der Waals surface area contributed by atoms with Gasteiger partial charge in [-0.2, -0.15) is 0 Å². The van der Waals surface area contributed by atoms with Crippen molar-refractivity contribution in [3.8, 4) is 0 Å². The fourth-order valence-corrected chi connectivity index (χ4v) is 3.43. The molecule has 15 heteroatoms. The van der Waals surface area contributed by atoms with Gasteiger partial charge in [0.25, 0.3) is 0 Å². The van der Waals surface area contributed by atoms with E-state index in [0.29, 0.717) is 158 Å². The first-order valence-electron chi connectivity index (χ1n) is 16.6. The van der Waals surface area contributed by atoms with Crippen molar-refractivity contribution in [2.75, 3.05) is 172 Å². The molecule has 1 aromatic rings. The number of hydrogen-bond donors (Lipinski definition) is 0. The molecule has 0 unspecified atom stereocenters. The highest BCUT2D eigenvalue weighted by Crippen LogP contribution is 2.00. The molecule has 0 aliphatic heterocycles. The number of carbonyl (C=O) groups excluding carboxylic acids is 1. The molecule has 0 bridgehead atoms. The normalized spacial score (nSPS) is 11.4. The average Bonchev–Trinajstić information content (AvgIpc) is 3.11. The topological polar surface area (TPSA) is 137 Å². The largest absolute Gasteiger partial charge is 0.460 e. The molecule has 1 aromatic carbocycles. The number of esters is 1. The summed E-state index contributed by atoms with van der Waals surface area (Å²) in [6.45, 7) is 10.5. The summed E-state index contributed by atoms with van der Waals surface area (Å²) in [7, 11) is 0. The predicted octanol–water partition coefficient (Wildman–Crippen LogP) is 2.01. The Morgan fingerprint density at radius 3 is 0.833 bits per heavy atom. The first kappa shape index (κ1) is 44.2. The third kappa shape index (κ3) is 32.7. The lowest BCUT2D eigenvalue weighted by molar-refractivity contribution is -0.0288. The van der Waals surface area contributed by atoms with Crippen molar-refractivity contribution in [1.82, 2.24) is 0 Å². The van der Waals surface area contributed by atoms with Gasteiger partial charge >= 0.3 is 5.97 Å². The van der Waals surface area contributed by atoms with E-state index in [2.05, 4.69) is 0 Å². The molecule has 0 saturated heterocycles. The molecule has 0 fully saturated rings. The number of ether oxygens (including phenoxy) is 13. The van der Waals surface area contributed by atoms with Gasteiger partial charge in [0, 0.05) is 0 Å². The van der Waals surface area contributed by atoms with Gasteiger partial charge in [0.05, 0.1) is 164 Å². The van der Waals surface area contributed by atoms with Crippen LogP contribution in [0.4, 0.5) is 4.39 Å². The summed E-state index contributed by atoms with van der Waals surface area (Å²) >= 11 is 0. The number of hydrogen-bond acceptors (Lipinski definition) is 14. The smallest absolute Gasteiger partial charge is 0.338 e. The lowest BCUT2D eigenvalue weighted by Crippen LogP contribution is -2.16. The summed E-state index contributed by atoms with van der Waals surface area (Å²) in [6.07, 6.45) is 0. The Morgan fingerprint density at radius 1 is 0.354 bits per heavy atom. The lowest BCUT2D eigenvalue weighted by Gasteiger charge is -2.09. The summed E-state index contributed by atoms with van der Waals surface area (Å²) in [5.74, 6) is -0.360. The molecule has 0 atom stereocenters. The Labute approximate surface area is 284 Å². The minimum atomic E-state index is -0.479. The van der Waals surface area contributed by atoms with Crippen molar-refractivity contribution in [3.63, 3.8) is 0 Å². The van der Waals surface area contributed by atoms with Gasteiger partial charge in [-0.25, -0.2) is 9.18 Å². The third-order valence-electron chi connectivity index (χ3n) is 5.78. The molecule has 0 aliphatic rings. The zero-order chi connectivity index (χ0) is 34.3. The molecule has 0 aliphatic carbocycles. The second-order valence-corrected chi connectivity index (χ2v) is 9.54. The van der Waals surface area contributed by atoms with Crippen LogP contribution in [0.2, 0.25) is 0 Å². The fourth-order valence-electron chi connectivity index (χ4n) is 3.43. The van der Waals surface area contributed by atoms with E-state index in [1.807, 2.05) is 6.07 Å². The highest BCUT2D eigenvalue weighted by Gasteiger charge is 2.05. The Morgan fingerprint density at radius 2 is 0.583 bits per heavy atom. The van der Waals surface area contributed by atoms with E-state index in [0.717, 1.165) is 0 Å². The van der Waals surface area contributed by atoms with Crippen LogP contribution in [-0.2, 0) is 61.6 Å². The van der Waals surface area contributed by atoms with Gasteiger partial charge in [-0.05, 0) is 12.1 Å². The molecule has 0 saturated carbocycles. The Hall–Kier alpha value is -1.86. The van der Waals surface area contributed by atoms with Crippen LogP contribution >= 0.6 is 0 Å². The molecule has 48 heavy (non-hydrogen) atoms. The summed E-state index contributed by atoms with van der Waals surface area (Å²) in [5, 5.41) is 0. The Balaban J connectivity index is 1.62. The van der Waals surface area contributed by atoms with Gasteiger partial charge < -0.3 is 61.6 Å². The van der Waals surface area contributed by atoms with E-state index in [1.165, 1.54) is 0 Å². The van der Waals surface area contributed by atoms with E-state index in [4.69, 9.17) is 61.6 Å². The van der Waals surface area contributed by atoms with Crippen molar-refractivity contribution < 1.29 is 70.8 Å². The van der Waals surface area contributed by atoms with Crippen molar-refractivity contribution in [2.45, 2.75) is 0 Å². The molecule has 280 valence electrons. The minimum Gasteiger partial charge on any atom is -0.460 e. The van der Waals surface area contributed by atoms with Gasteiger partial charge in [0.1, 0.15) is 13.3 Å². The lowest BCUT2D eigenvalue weighted by atomic mass is 10.2. The van der Waals surface area contributed by atoms with E-state index in [1.54, 1.807) is 24.3 Å². The summed E-state index contributed by atoms with van der Waals surface area (Å²) < 4.78 is 81.6. The number of rotatable bonds is 39. The molecule has 14 nitrogen and oxygen atoms in total. The maximum atomic E-state index is 11.8. The maximum Gasteiger partial charge on any atom is 0.338 e. The first-order chi connectivity index (χ1) is 23.8. The number of alkyl halides is 1. The molecule has 0 spiro atoms. The predicted molar refractivity (Wildman–Crippen MR) is 173 cm³/mol. The summed E-state index contributed by atoms with van der Waals surface area (Å²) in [6, 6.07) is 8.84. The van der Waals surface area contributed by atoms with Gasteiger partial charge in [-0.3, -0.25) is 0 Å². The third-order valence-corrected chi connectivity index (χ3v) is 5.78. The van der Waals surface area contributed by atoms with Crippen LogP contribution in [0.5, 0.6) is 0 Å². The zero-order valence-corrected chi connectivity index (χ0v) is 28.4. The van der Waals surface area contributed by atoms with Crippen molar-refractivity contribution in [2.24, 2.45) is 0 Å². The Bertz CT molecular complexity index is 780. The van der Waals surface area contributed by atoms with Crippen LogP contribution in [0.1, 0.15) is 10.4 Å². The van der Waals surface area contributed by atoms with Gasteiger partial charge in [-0.1, -0.05) is 18.2 Å². The quantitative estimate of drug-likeness (QED) is 0.0733. The van der Waals surface area contributed by atoms with Gasteiger partial charge in [0.15, 0.2) is 0 Å². The van der Waals surface area contributed by atoms with Crippen molar-refractivity contribution in [1.29, 1.82) is 0 Å². The number of benzene rings is 1. The van der Waals surface area contributed by atoms with Crippen LogP contribution in [0.25, 0.3) is 0 Å². The minimum absolute atomic E-state index is 0.109. The molecular formula is C33H57FO14. The monoisotopic (exact) mass is 696 g/mol. The van der Waals surface area contributed by atoms with Gasteiger partial charge in [-0.15, -0.1) is 0 Å². The number of carbonyl (C=O) groups is 1. The van der Waals surface area contributed by atoms with E-state index in [-0.39, 0.29) is 19.2 Å². The highest BCUT2D eigenvalue weighted by atomic mass is 19.1. The summed E-state index contributed by atoms with van der Waals surface area (Å²) in [4.78, 5) is 11.8. The van der Waals surface area contributed by atoms with Crippen LogP contribution in [0.15, 0.2) is 30.3 Å². The first-order valence-corrected chi connectivity index (χ1v) is 16.6. The van der Waals surface area contributed by atoms with Crippen LogP contribution in [0, 0.1) is 0 Å². The highest BCUT2D eigenvalue weighted by molar-refractivity contribution is 5.89. The summed E-state index contributed by atoms with van der Waals surface area (Å²) in [5.41, 5.74) is 0.522. The van der Waals surface area contributed by atoms with E-state index in [9.17, 15) is 9.18 Å². The van der Waals surface area contributed by atoms with Crippen molar-refractivity contribution >= 4 is 5.97 Å². The fraction of sp³-hybridized carbons (Fsp3) is 0.788. The molecule has 0 heterocycles. The van der Waals surface area contributed by atoms with Crippen LogP contribution in [0.3, 0.4) is 0 Å². The second kappa shape index (κ2) is 38.0. The maximum absolute atomic E-state index is 11.8. The Kier molecular flexibility index (Phi) is 34.9. The van der Waals surface area contributed by atoms with Crippen molar-refractivity contribution in [3.05, 3.63) is 35.9 Å². The molecule has 0 amide bonds. The molecule has 0 N–H and O–H groups in total. The average molecular weight is 697 g/mol. The van der Waals surface area contributed by atoms with E-state index < -0.39 is 6.67 Å². The second-order valence-electron chi connectivity index (χ2n) is 9.54. The van der Waals surface area contributed by atoms with Crippen LogP contribution < -0.4 is 0 Å². The van der Waals surface area contributed by atoms with E-state index >= 15 is 0 Å². The SMILES string of the molecule is O=C(OCCOCCOCCOCCOCCOCCOCCOCCOCCOCCOCCOCCOCCF)c1ccccc1. The standard InChI is InChI=1S/C33H57FO14/c34-6-7-36-8-9-37-10-11-38-12-13-39-14-15-40-16-17-41-18-19-42-20-21-43-22-23-44-24-25-45-26-27-46-28-29-47-30-31-48-33(35)32-4-2-1-3-5-32/h1-5H,6-31H2. The molecular weight excluding hydrogens is 639 g/mol. The van der Waals surface area contributed by atoms with Crippen LogP contribution in [-0.4, -0.2) is 178 Å². The molecule has 0 radical (unpaired) electrons. The van der Waals surface area contributed by atoms with Gasteiger partial charge in [0.2, 0.25) is 0 Å². The zero-order valence-electron chi connectivity index (χ0n) is 28.4. The number of halogens is 1. The molecule has 0 aromatic heterocycles. The molecule has 1 rings (SSSR count).